The van der Waals surface area contributed by atoms with Gasteiger partial charge < -0.3 is 5.73 Å². The average Bonchev–Trinajstić information content (AvgIpc) is 3.19. The number of carbonyl (C=O) groups excluding carboxylic acids is 1. The van der Waals surface area contributed by atoms with Gasteiger partial charge in [0.2, 0.25) is 5.95 Å². The van der Waals surface area contributed by atoms with Crippen LogP contribution in [-0.4, -0.2) is 44.8 Å². The maximum Gasteiger partial charge on any atom is 0.408 e. The summed E-state index contributed by atoms with van der Waals surface area (Å²) in [5, 5.41) is 3.94. The number of likely N-dealkylation sites (N-methyl/N-ethyl adjacent to an activating group) is 1. The van der Waals surface area contributed by atoms with Crippen LogP contribution in [0.15, 0.2) is 53.8 Å². The summed E-state index contributed by atoms with van der Waals surface area (Å²) in [5.41, 5.74) is 5.44. The molecule has 166 valence electrons. The molecule has 11 heteroatoms. The number of benzene rings is 1. The van der Waals surface area contributed by atoms with Crippen LogP contribution in [0.1, 0.15) is 16.8 Å². The van der Waals surface area contributed by atoms with E-state index in [1.165, 1.54) is 26.2 Å². The number of rotatable bonds is 4. The molecule has 2 N–H and O–H groups in total. The smallest absolute Gasteiger partial charge is 0.369 e. The fraction of sp³-hybridized carbons (Fsp3) is 0.238. The molecular weight excluding hydrogens is 428 g/mol. The number of carbonyl (C=O) groups is 1. The molecule has 4 rings (SSSR count). The molecule has 1 unspecified atom stereocenters. The summed E-state index contributed by atoms with van der Waals surface area (Å²) >= 11 is 0. The summed E-state index contributed by atoms with van der Waals surface area (Å²) in [6.07, 6.45) is -2.05. The summed E-state index contributed by atoms with van der Waals surface area (Å²) in [5.74, 6) is -1.37. The molecule has 1 aliphatic heterocycles. The van der Waals surface area contributed by atoms with Crippen molar-refractivity contribution in [1.82, 2.24) is 19.7 Å². The summed E-state index contributed by atoms with van der Waals surface area (Å²) in [4.78, 5) is 22.5. The second kappa shape index (κ2) is 7.43. The van der Waals surface area contributed by atoms with Crippen molar-refractivity contribution in [3.05, 3.63) is 71.6 Å². The third-order valence-corrected chi connectivity index (χ3v) is 5.27. The molecule has 1 aliphatic rings. The second-order valence-corrected chi connectivity index (χ2v) is 7.41. The van der Waals surface area contributed by atoms with Gasteiger partial charge in [-0.25, -0.2) is 9.98 Å². The number of nitrogens with two attached hydrogens (primary N) is 1. The number of aliphatic imine (C=N–C) groups is 1. The van der Waals surface area contributed by atoms with E-state index >= 15 is 0 Å². The molecule has 1 aromatic carbocycles. The van der Waals surface area contributed by atoms with Crippen LogP contribution in [0.25, 0.3) is 11.1 Å². The van der Waals surface area contributed by atoms with Gasteiger partial charge in [-0.15, -0.1) is 0 Å². The summed E-state index contributed by atoms with van der Waals surface area (Å²) < 4.78 is 53.8. The Bertz CT molecular complexity index is 1240. The minimum atomic E-state index is -4.50. The van der Waals surface area contributed by atoms with Gasteiger partial charge in [-0.1, -0.05) is 18.2 Å². The summed E-state index contributed by atoms with van der Waals surface area (Å²) in [6, 6.07) is 9.47. The number of aromatic nitrogens is 3. The first-order chi connectivity index (χ1) is 15.0. The largest absolute Gasteiger partial charge is 0.408 e. The van der Waals surface area contributed by atoms with E-state index in [1.807, 2.05) is 0 Å². The quantitative estimate of drug-likeness (QED) is 0.493. The Balaban J connectivity index is 1.93. The van der Waals surface area contributed by atoms with E-state index in [1.54, 1.807) is 30.3 Å². The van der Waals surface area contributed by atoms with Gasteiger partial charge in [0.05, 0.1) is 5.69 Å². The van der Waals surface area contributed by atoms with Crippen molar-refractivity contribution in [2.45, 2.75) is 25.2 Å². The summed E-state index contributed by atoms with van der Waals surface area (Å²) in [7, 11) is 1.42. The molecule has 0 radical (unpaired) electrons. The monoisotopic (exact) mass is 446 g/mol. The molecule has 0 aliphatic carbocycles. The molecule has 3 heterocycles. The molecule has 0 fully saturated rings. The van der Waals surface area contributed by atoms with E-state index in [9.17, 15) is 22.4 Å². The second-order valence-electron chi connectivity index (χ2n) is 7.41. The summed E-state index contributed by atoms with van der Waals surface area (Å²) in [6.45, 7) is 0.167. The van der Waals surface area contributed by atoms with Crippen LogP contribution in [0.5, 0.6) is 0 Å². The lowest BCUT2D eigenvalue weighted by molar-refractivity contribution is -0.142. The molecule has 7 nitrogen and oxygen atoms in total. The highest BCUT2D eigenvalue weighted by molar-refractivity contribution is 6.09. The maximum atomic E-state index is 14.3. The van der Waals surface area contributed by atoms with Crippen LogP contribution in [0, 0.1) is 12.9 Å². The number of alkyl halides is 3. The number of nitrogens with zero attached hydrogens (tertiary/aromatic N) is 5. The van der Waals surface area contributed by atoms with Gasteiger partial charge in [0.15, 0.2) is 11.5 Å². The lowest BCUT2D eigenvalue weighted by Crippen LogP contribution is -2.41. The van der Waals surface area contributed by atoms with Crippen LogP contribution in [-0.2, 0) is 16.9 Å². The predicted octanol–water partition coefficient (Wildman–Crippen LogP) is 2.99. The number of halogens is 4. The van der Waals surface area contributed by atoms with Gasteiger partial charge in [0, 0.05) is 30.6 Å². The van der Waals surface area contributed by atoms with E-state index in [-0.39, 0.29) is 22.8 Å². The van der Waals surface area contributed by atoms with Crippen molar-refractivity contribution in [1.29, 1.82) is 0 Å². The first-order valence-corrected chi connectivity index (χ1v) is 9.49. The average molecular weight is 446 g/mol. The van der Waals surface area contributed by atoms with E-state index in [0.29, 0.717) is 15.8 Å². The van der Waals surface area contributed by atoms with Gasteiger partial charge in [-0.3, -0.25) is 14.4 Å². The number of hydrogen-bond donors (Lipinski definition) is 1. The zero-order valence-corrected chi connectivity index (χ0v) is 17.1. The van der Waals surface area contributed by atoms with Gasteiger partial charge in [0.25, 0.3) is 5.91 Å². The molecule has 0 spiro atoms. The number of aryl methyl sites for hydroxylation is 1. The molecule has 0 saturated carbocycles. The Morgan fingerprint density at radius 3 is 2.56 bits per heavy atom. The van der Waals surface area contributed by atoms with Crippen LogP contribution in [0.4, 0.5) is 17.6 Å². The Hall–Kier alpha value is -3.76. The first kappa shape index (κ1) is 21.5. The highest BCUT2D eigenvalue weighted by Crippen LogP contribution is 2.42. The highest BCUT2D eigenvalue weighted by atomic mass is 19.4. The van der Waals surface area contributed by atoms with Crippen molar-refractivity contribution < 1.29 is 22.4 Å². The van der Waals surface area contributed by atoms with Crippen LogP contribution in [0.2, 0.25) is 0 Å². The zero-order valence-electron chi connectivity index (χ0n) is 17.1. The molecular formula is C21H18F4N6O. The van der Waals surface area contributed by atoms with E-state index in [4.69, 9.17) is 5.73 Å². The van der Waals surface area contributed by atoms with Gasteiger partial charge in [0.1, 0.15) is 6.54 Å². The third kappa shape index (κ3) is 3.49. The molecule has 1 amide bonds. The fourth-order valence-electron chi connectivity index (χ4n) is 3.81. The van der Waals surface area contributed by atoms with E-state index in [2.05, 4.69) is 15.1 Å². The number of guanidine groups is 1. The van der Waals surface area contributed by atoms with E-state index in [0.717, 1.165) is 11.1 Å². The molecule has 32 heavy (non-hydrogen) atoms. The topological polar surface area (TPSA) is 89.4 Å². The standard InChI is InChI=1S/C21H18F4N6O/c1-12-16(10-31(29-12)11-20(23,24)25)21(18(32)30(2)19(26)28-21)14-6-3-5-13(9-14)15-7-4-8-27-17(15)22/h3-10H,11H2,1-2H3,(H2,26,28). The van der Waals surface area contributed by atoms with Gasteiger partial charge in [-0.05, 0) is 36.2 Å². The van der Waals surface area contributed by atoms with Crippen LogP contribution in [0.3, 0.4) is 0 Å². The minimum Gasteiger partial charge on any atom is -0.369 e. The fourth-order valence-corrected chi connectivity index (χ4v) is 3.81. The molecule has 2 aromatic heterocycles. The van der Waals surface area contributed by atoms with Crippen LogP contribution >= 0.6 is 0 Å². The van der Waals surface area contributed by atoms with Crippen LogP contribution < -0.4 is 5.73 Å². The SMILES string of the molecule is Cc1nn(CC(F)(F)F)cc1C1(c2cccc(-c3cccnc3F)c2)N=C(N)N(C)C1=O. The van der Waals surface area contributed by atoms with Gasteiger partial charge in [-0.2, -0.15) is 22.7 Å². The lowest BCUT2D eigenvalue weighted by Gasteiger charge is -2.25. The number of pyridine rings is 1. The number of amides is 1. The van der Waals surface area contributed by atoms with Gasteiger partial charge >= 0.3 is 6.18 Å². The van der Waals surface area contributed by atoms with Crippen molar-refractivity contribution in [3.63, 3.8) is 0 Å². The minimum absolute atomic E-state index is 0.101. The molecule has 3 aromatic rings. The Morgan fingerprint density at radius 2 is 1.94 bits per heavy atom. The molecule has 0 saturated heterocycles. The van der Waals surface area contributed by atoms with E-state index < -0.39 is 30.1 Å². The molecule has 0 bridgehead atoms. The van der Waals surface area contributed by atoms with Crippen molar-refractivity contribution in [2.75, 3.05) is 7.05 Å². The maximum absolute atomic E-state index is 14.3. The Labute approximate surface area is 180 Å². The Kier molecular flexibility index (Phi) is 4.99. The third-order valence-electron chi connectivity index (χ3n) is 5.27. The Morgan fingerprint density at radius 1 is 1.19 bits per heavy atom. The zero-order chi connectivity index (χ0) is 23.3. The van der Waals surface area contributed by atoms with Crippen molar-refractivity contribution in [2.24, 2.45) is 10.7 Å². The number of hydrogen-bond acceptors (Lipinski definition) is 5. The highest BCUT2D eigenvalue weighted by Gasteiger charge is 2.51. The predicted molar refractivity (Wildman–Crippen MR) is 108 cm³/mol. The first-order valence-electron chi connectivity index (χ1n) is 9.49. The molecule has 1 atom stereocenters. The lowest BCUT2D eigenvalue weighted by atomic mass is 9.82. The normalized spacial score (nSPS) is 18.9. The van der Waals surface area contributed by atoms with Crippen molar-refractivity contribution >= 4 is 11.9 Å². The van der Waals surface area contributed by atoms with Crippen molar-refractivity contribution in [3.8, 4) is 11.1 Å².